The van der Waals surface area contributed by atoms with E-state index in [2.05, 4.69) is 10.6 Å². The van der Waals surface area contributed by atoms with Crippen LogP contribution in [0.1, 0.15) is 91.8 Å². The number of Topliss-reactive ketones (excluding diaryl/α,β-unsaturated/α-hetero) is 1. The molecule has 2 aromatic rings. The number of phenolic OH excluding ortho intramolecular Hbond substituents is 2. The van der Waals surface area contributed by atoms with Gasteiger partial charge in [0.15, 0.2) is 0 Å². The van der Waals surface area contributed by atoms with Crippen molar-refractivity contribution in [3.8, 4) is 17.2 Å². The van der Waals surface area contributed by atoms with Gasteiger partial charge in [-0.05, 0) is 61.9 Å². The minimum absolute atomic E-state index is 0.0145. The van der Waals surface area contributed by atoms with E-state index in [9.17, 15) is 29.4 Å². The van der Waals surface area contributed by atoms with Gasteiger partial charge in [0.1, 0.15) is 28.6 Å². The van der Waals surface area contributed by atoms with Crippen LogP contribution in [0.4, 0.5) is 0 Å². The molecule has 0 aromatic heterocycles. The van der Waals surface area contributed by atoms with E-state index in [4.69, 9.17) is 9.47 Å². The molecule has 1 aliphatic rings. The first kappa shape index (κ1) is 32.2. The van der Waals surface area contributed by atoms with Crippen LogP contribution in [0.2, 0.25) is 0 Å². The van der Waals surface area contributed by atoms with Crippen molar-refractivity contribution in [3.05, 3.63) is 58.7 Å². The molecule has 1 aliphatic heterocycles. The third-order valence-electron chi connectivity index (χ3n) is 7.13. The van der Waals surface area contributed by atoms with Gasteiger partial charge in [-0.25, -0.2) is 4.79 Å². The molecule has 0 bridgehead atoms. The molecule has 2 unspecified atom stereocenters. The highest BCUT2D eigenvalue weighted by atomic mass is 16.5. The van der Waals surface area contributed by atoms with Crippen molar-refractivity contribution in [1.29, 1.82) is 0 Å². The first-order chi connectivity index (χ1) is 20.1. The molecule has 0 fully saturated rings. The number of ether oxygens (including phenoxy) is 2. The van der Waals surface area contributed by atoms with Crippen LogP contribution in [0, 0.1) is 0 Å². The fourth-order valence-electron chi connectivity index (χ4n) is 4.94. The van der Waals surface area contributed by atoms with Crippen molar-refractivity contribution < 1.29 is 38.9 Å². The first-order valence-corrected chi connectivity index (χ1v) is 14.2. The summed E-state index contributed by atoms with van der Waals surface area (Å²) in [7, 11) is 1.53. The van der Waals surface area contributed by atoms with Gasteiger partial charge < -0.3 is 30.3 Å². The van der Waals surface area contributed by atoms with Gasteiger partial charge in [-0.15, -0.1) is 0 Å². The number of amides is 2. The van der Waals surface area contributed by atoms with Gasteiger partial charge in [-0.3, -0.25) is 14.4 Å². The highest BCUT2D eigenvalue weighted by Crippen LogP contribution is 2.44. The lowest BCUT2D eigenvalue weighted by Gasteiger charge is -2.23. The van der Waals surface area contributed by atoms with Crippen molar-refractivity contribution in [2.75, 3.05) is 20.2 Å². The fraction of sp³-hybridized carbons (Fsp3) is 0.438. The predicted octanol–water partition coefficient (Wildman–Crippen LogP) is 4.36. The number of esters is 1. The van der Waals surface area contributed by atoms with Crippen LogP contribution < -0.4 is 15.4 Å². The molecule has 10 nitrogen and oxygen atoms in total. The van der Waals surface area contributed by atoms with Crippen molar-refractivity contribution in [2.45, 2.75) is 70.8 Å². The van der Waals surface area contributed by atoms with Crippen molar-refractivity contribution in [1.82, 2.24) is 10.6 Å². The number of nitrogens with one attached hydrogen (secondary N) is 2. The lowest BCUT2D eigenvalue weighted by atomic mass is 9.84. The van der Waals surface area contributed by atoms with Crippen molar-refractivity contribution in [3.63, 3.8) is 0 Å². The lowest BCUT2D eigenvalue weighted by molar-refractivity contribution is -0.122. The maximum atomic E-state index is 13.4. The molecule has 226 valence electrons. The average molecular weight is 581 g/mol. The van der Waals surface area contributed by atoms with Gasteiger partial charge in [-0.1, -0.05) is 24.3 Å². The molecule has 0 saturated carbocycles. The van der Waals surface area contributed by atoms with Crippen LogP contribution in [-0.4, -0.2) is 60.1 Å². The maximum Gasteiger partial charge on any atom is 0.342 e. The fourth-order valence-corrected chi connectivity index (χ4v) is 4.94. The maximum absolute atomic E-state index is 13.4. The number of methoxy groups -OCH3 is 1. The Morgan fingerprint density at radius 1 is 1.07 bits per heavy atom. The Hall–Kier alpha value is -4.34. The molecule has 0 radical (unpaired) electrons. The monoisotopic (exact) mass is 580 g/mol. The second-order valence-electron chi connectivity index (χ2n) is 10.4. The van der Waals surface area contributed by atoms with Gasteiger partial charge >= 0.3 is 5.97 Å². The van der Waals surface area contributed by atoms with E-state index in [1.165, 1.54) is 20.1 Å². The van der Waals surface area contributed by atoms with Gasteiger partial charge in [0.05, 0.1) is 13.2 Å². The smallest absolute Gasteiger partial charge is 0.342 e. The van der Waals surface area contributed by atoms with E-state index >= 15 is 0 Å². The zero-order chi connectivity index (χ0) is 30.6. The Labute approximate surface area is 246 Å². The molecule has 2 atom stereocenters. The summed E-state index contributed by atoms with van der Waals surface area (Å²) in [5, 5.41) is 28.2. The number of allylic oxidation sites excluding steroid dienone is 1. The number of ketones is 1. The highest BCUT2D eigenvalue weighted by Gasteiger charge is 2.31. The van der Waals surface area contributed by atoms with Crippen LogP contribution in [0.25, 0.3) is 6.08 Å². The Morgan fingerprint density at radius 3 is 2.45 bits per heavy atom. The van der Waals surface area contributed by atoms with E-state index in [1.807, 2.05) is 0 Å². The Morgan fingerprint density at radius 2 is 1.76 bits per heavy atom. The second-order valence-corrected chi connectivity index (χ2v) is 10.4. The predicted molar refractivity (Wildman–Crippen MR) is 158 cm³/mol. The third kappa shape index (κ3) is 9.09. The summed E-state index contributed by atoms with van der Waals surface area (Å²) in [4.78, 5) is 49.7. The SMILES string of the molecule is COc1ccc(C(CC(=O)NCCNC(C)=O)c2c(O)cc3c(c2O)C(=O)OC(C)CCCC(=O)CCCC=C3)cc1. The van der Waals surface area contributed by atoms with Crippen LogP contribution >= 0.6 is 0 Å². The van der Waals surface area contributed by atoms with E-state index in [0.29, 0.717) is 49.8 Å². The van der Waals surface area contributed by atoms with Crippen LogP contribution in [0.3, 0.4) is 0 Å². The minimum Gasteiger partial charge on any atom is -0.507 e. The summed E-state index contributed by atoms with van der Waals surface area (Å²) in [6.07, 6.45) is 5.91. The molecule has 0 aliphatic carbocycles. The molecule has 1 heterocycles. The summed E-state index contributed by atoms with van der Waals surface area (Å²) in [6.45, 7) is 3.55. The molecule has 2 aromatic carbocycles. The van der Waals surface area contributed by atoms with Gasteiger partial charge in [0.25, 0.3) is 0 Å². The molecule has 3 rings (SSSR count). The number of rotatable bonds is 8. The summed E-state index contributed by atoms with van der Waals surface area (Å²) in [5.41, 5.74) is 0.771. The van der Waals surface area contributed by atoms with E-state index in [-0.39, 0.29) is 59.5 Å². The Kier molecular flexibility index (Phi) is 12.0. The largest absolute Gasteiger partial charge is 0.507 e. The molecule has 0 saturated heterocycles. The molecule has 0 spiro atoms. The normalized spacial score (nSPS) is 16.9. The number of carbonyl (C=O) groups is 4. The summed E-state index contributed by atoms with van der Waals surface area (Å²) < 4.78 is 10.9. The quantitative estimate of drug-likeness (QED) is 0.266. The number of fused-ring (bicyclic) bond motifs is 1. The van der Waals surface area contributed by atoms with Gasteiger partial charge in [0, 0.05) is 50.8 Å². The zero-order valence-corrected chi connectivity index (χ0v) is 24.4. The van der Waals surface area contributed by atoms with E-state index < -0.39 is 23.7 Å². The molecule has 42 heavy (non-hydrogen) atoms. The topological polar surface area (TPSA) is 151 Å². The van der Waals surface area contributed by atoms with Crippen LogP contribution in [-0.2, 0) is 19.1 Å². The third-order valence-corrected chi connectivity index (χ3v) is 7.13. The Bertz CT molecular complexity index is 1300. The van der Waals surface area contributed by atoms with E-state index in [1.54, 1.807) is 43.3 Å². The average Bonchev–Trinajstić information content (AvgIpc) is 2.94. The molecule has 4 N–H and O–H groups in total. The van der Waals surface area contributed by atoms with Crippen LogP contribution in [0.15, 0.2) is 36.4 Å². The molecular weight excluding hydrogens is 540 g/mol. The van der Waals surface area contributed by atoms with Crippen LogP contribution in [0.5, 0.6) is 17.2 Å². The lowest BCUT2D eigenvalue weighted by Crippen LogP contribution is -2.34. The van der Waals surface area contributed by atoms with Crippen molar-refractivity contribution >= 4 is 29.6 Å². The summed E-state index contributed by atoms with van der Waals surface area (Å²) in [5.74, 6) is -2.22. The number of aromatic hydroxyl groups is 2. The number of cyclic esters (lactones) is 1. The number of benzene rings is 2. The Balaban J connectivity index is 2.05. The number of phenols is 2. The minimum atomic E-state index is -0.838. The number of hydrogen-bond acceptors (Lipinski definition) is 8. The number of hydrogen-bond donors (Lipinski definition) is 4. The summed E-state index contributed by atoms with van der Waals surface area (Å²) >= 11 is 0. The van der Waals surface area contributed by atoms with Crippen molar-refractivity contribution in [2.24, 2.45) is 0 Å². The number of carbonyl (C=O) groups excluding carboxylic acids is 4. The zero-order valence-electron chi connectivity index (χ0n) is 24.4. The van der Waals surface area contributed by atoms with Gasteiger partial charge in [0.2, 0.25) is 11.8 Å². The standard InChI is InChI=1S/C32H40N2O8/c1-20-8-7-11-24(36)10-6-4-5-9-23-18-27(37)30(31(39)29(23)32(40)42-20)26(22-12-14-25(41-3)15-13-22)19-28(38)34-17-16-33-21(2)35/h5,9,12-15,18,20,26,37,39H,4,6-8,10-11,16-17,19H2,1-3H3,(H,33,35)(H,34,38). The highest BCUT2D eigenvalue weighted by molar-refractivity contribution is 5.98. The van der Waals surface area contributed by atoms with E-state index in [0.717, 1.165) is 0 Å². The molecule has 10 heteroatoms. The summed E-state index contributed by atoms with van der Waals surface area (Å²) in [6, 6.07) is 8.23. The second kappa shape index (κ2) is 15.6. The first-order valence-electron chi connectivity index (χ1n) is 14.2. The molecular formula is C32H40N2O8. The molecule has 2 amide bonds. The van der Waals surface area contributed by atoms with Gasteiger partial charge in [-0.2, -0.15) is 0 Å².